The monoisotopic (exact) mass is 307 g/mol. The quantitative estimate of drug-likeness (QED) is 0.850. The van der Waals surface area contributed by atoms with Crippen molar-refractivity contribution in [1.29, 1.82) is 0 Å². The van der Waals surface area contributed by atoms with Crippen LogP contribution in [0.4, 0.5) is 4.39 Å². The fourth-order valence-corrected chi connectivity index (χ4v) is 4.53. The van der Waals surface area contributed by atoms with Crippen molar-refractivity contribution in [3.63, 3.8) is 0 Å². The van der Waals surface area contributed by atoms with Gasteiger partial charge in [0.15, 0.2) is 11.4 Å². The fraction of sp³-hybridized carbons (Fsp3) is 0.529. The van der Waals surface area contributed by atoms with Gasteiger partial charge in [-0.25, -0.2) is 4.39 Å². The van der Waals surface area contributed by atoms with Gasteiger partial charge in [0, 0.05) is 10.1 Å². The van der Waals surface area contributed by atoms with Gasteiger partial charge in [-0.3, -0.25) is 0 Å². The van der Waals surface area contributed by atoms with Crippen LogP contribution >= 0.6 is 11.8 Å². The van der Waals surface area contributed by atoms with Crippen LogP contribution in [0.15, 0.2) is 28.7 Å². The maximum absolute atomic E-state index is 13.9. The molecule has 2 atom stereocenters. The Morgan fingerprint density at radius 2 is 2.33 bits per heavy atom. The van der Waals surface area contributed by atoms with Crippen LogP contribution in [-0.4, -0.2) is 17.0 Å². The molecule has 1 aromatic carbocycles. The number of rotatable bonds is 5. The summed E-state index contributed by atoms with van der Waals surface area (Å²) >= 11 is 2.00. The van der Waals surface area contributed by atoms with Gasteiger partial charge in [0.25, 0.3) is 0 Å². The van der Waals surface area contributed by atoms with Crippen LogP contribution in [0.2, 0.25) is 0 Å². The van der Waals surface area contributed by atoms with Crippen molar-refractivity contribution in [3.05, 3.63) is 35.8 Å². The number of hydrogen-bond donors (Lipinski definition) is 1. The summed E-state index contributed by atoms with van der Waals surface area (Å²) in [5.41, 5.74) is 0.377. The molecule has 2 aromatic rings. The molecule has 2 heterocycles. The Morgan fingerprint density at radius 1 is 1.48 bits per heavy atom. The largest absolute Gasteiger partial charge is 0.456 e. The summed E-state index contributed by atoms with van der Waals surface area (Å²) in [5, 5.41) is 4.46. The number of furan rings is 1. The third-order valence-electron chi connectivity index (χ3n) is 4.26. The minimum absolute atomic E-state index is 0.125. The Bertz CT molecular complexity index is 618. The van der Waals surface area contributed by atoms with Crippen molar-refractivity contribution >= 4 is 22.7 Å². The first kappa shape index (κ1) is 14.9. The summed E-state index contributed by atoms with van der Waals surface area (Å²) in [6.45, 7) is 5.40. The zero-order valence-electron chi connectivity index (χ0n) is 12.6. The number of benzene rings is 1. The van der Waals surface area contributed by atoms with Gasteiger partial charge in [-0.05, 0) is 50.6 Å². The molecule has 1 aliphatic heterocycles. The minimum Gasteiger partial charge on any atom is -0.456 e. The van der Waals surface area contributed by atoms with E-state index in [1.165, 1.54) is 24.7 Å². The molecule has 2 nitrogen and oxygen atoms in total. The lowest BCUT2D eigenvalue weighted by Crippen LogP contribution is -2.37. The second-order valence-electron chi connectivity index (χ2n) is 5.96. The van der Waals surface area contributed by atoms with Crippen molar-refractivity contribution in [2.45, 2.75) is 43.9 Å². The Balaban J connectivity index is 1.99. The van der Waals surface area contributed by atoms with Crippen LogP contribution in [0.5, 0.6) is 0 Å². The highest BCUT2D eigenvalue weighted by molar-refractivity contribution is 8.00. The predicted molar refractivity (Wildman–Crippen MR) is 87.3 cm³/mol. The van der Waals surface area contributed by atoms with Crippen molar-refractivity contribution < 1.29 is 8.81 Å². The molecular formula is C17H22FNOS. The average molecular weight is 307 g/mol. The van der Waals surface area contributed by atoms with E-state index in [1.54, 1.807) is 6.07 Å². The smallest absolute Gasteiger partial charge is 0.169 e. The molecule has 1 aromatic heterocycles. The number of thioether (sulfide) groups is 1. The lowest BCUT2D eigenvalue weighted by Gasteiger charge is -2.32. The highest BCUT2D eigenvalue weighted by Gasteiger charge is 2.40. The van der Waals surface area contributed by atoms with Gasteiger partial charge < -0.3 is 9.73 Å². The molecule has 1 aliphatic rings. The molecular weight excluding hydrogens is 285 g/mol. The topological polar surface area (TPSA) is 25.2 Å². The lowest BCUT2D eigenvalue weighted by atomic mass is 9.94. The third kappa shape index (κ3) is 2.84. The standard InChI is InChI=1S/C17H22FNOS/c1-3-9-19-16(17(2)8-5-10-21-17)14-11-12-6-4-7-13(18)15(12)20-14/h4,6-7,11,16,19H,3,5,8-10H2,1-2H3. The van der Waals surface area contributed by atoms with Gasteiger partial charge in [-0.1, -0.05) is 19.1 Å². The van der Waals surface area contributed by atoms with E-state index in [0.29, 0.717) is 5.58 Å². The number of halogens is 1. The van der Waals surface area contributed by atoms with E-state index in [2.05, 4.69) is 19.2 Å². The summed E-state index contributed by atoms with van der Waals surface area (Å²) in [4.78, 5) is 0. The normalized spacial score (nSPS) is 23.8. The van der Waals surface area contributed by atoms with E-state index in [-0.39, 0.29) is 16.6 Å². The van der Waals surface area contributed by atoms with Gasteiger partial charge in [0.1, 0.15) is 5.76 Å². The van der Waals surface area contributed by atoms with Crippen molar-refractivity contribution in [2.24, 2.45) is 0 Å². The van der Waals surface area contributed by atoms with Crippen LogP contribution < -0.4 is 5.32 Å². The number of nitrogens with one attached hydrogen (secondary N) is 1. The van der Waals surface area contributed by atoms with Crippen LogP contribution in [0.1, 0.15) is 44.9 Å². The first-order valence-electron chi connectivity index (χ1n) is 7.69. The molecule has 4 heteroatoms. The highest BCUT2D eigenvalue weighted by Crippen LogP contribution is 2.47. The second kappa shape index (κ2) is 6.01. The first-order valence-corrected chi connectivity index (χ1v) is 8.68. The fourth-order valence-electron chi connectivity index (χ4n) is 3.12. The maximum atomic E-state index is 13.9. The molecule has 1 saturated heterocycles. The van der Waals surface area contributed by atoms with Crippen molar-refractivity contribution in [1.82, 2.24) is 5.32 Å². The summed E-state index contributed by atoms with van der Waals surface area (Å²) in [7, 11) is 0. The van der Waals surface area contributed by atoms with Crippen LogP contribution in [0.3, 0.4) is 0 Å². The first-order chi connectivity index (χ1) is 10.1. The predicted octanol–water partition coefficient (Wildman–Crippen LogP) is 4.90. The molecule has 0 spiro atoms. The molecule has 0 bridgehead atoms. The third-order valence-corrected chi connectivity index (χ3v) is 5.85. The highest BCUT2D eigenvalue weighted by atomic mass is 32.2. The van der Waals surface area contributed by atoms with Crippen LogP contribution in [0, 0.1) is 5.82 Å². The molecule has 0 amide bonds. The molecule has 0 radical (unpaired) electrons. The van der Waals surface area contributed by atoms with Gasteiger partial charge in [0.05, 0.1) is 6.04 Å². The summed E-state index contributed by atoms with van der Waals surface area (Å²) in [5.74, 6) is 1.77. The van der Waals surface area contributed by atoms with Crippen molar-refractivity contribution in [2.75, 3.05) is 12.3 Å². The van der Waals surface area contributed by atoms with Gasteiger partial charge in [0.2, 0.25) is 0 Å². The van der Waals surface area contributed by atoms with Crippen LogP contribution in [-0.2, 0) is 0 Å². The molecule has 1 N–H and O–H groups in total. The Kier molecular flexibility index (Phi) is 4.27. The number of hydrogen-bond acceptors (Lipinski definition) is 3. The maximum Gasteiger partial charge on any atom is 0.169 e. The molecule has 21 heavy (non-hydrogen) atoms. The molecule has 1 fully saturated rings. The molecule has 0 aliphatic carbocycles. The molecule has 0 saturated carbocycles. The van der Waals surface area contributed by atoms with E-state index in [4.69, 9.17) is 4.42 Å². The van der Waals surface area contributed by atoms with Gasteiger partial charge in [-0.15, -0.1) is 0 Å². The van der Waals surface area contributed by atoms with Crippen molar-refractivity contribution in [3.8, 4) is 0 Å². The Labute approximate surface area is 129 Å². The summed E-state index contributed by atoms with van der Waals surface area (Å²) in [6, 6.07) is 7.23. The zero-order chi connectivity index (χ0) is 14.9. The van der Waals surface area contributed by atoms with E-state index in [9.17, 15) is 4.39 Å². The lowest BCUT2D eigenvalue weighted by molar-refractivity contribution is 0.352. The van der Waals surface area contributed by atoms with E-state index < -0.39 is 0 Å². The van der Waals surface area contributed by atoms with Gasteiger partial charge >= 0.3 is 0 Å². The summed E-state index contributed by atoms with van der Waals surface area (Å²) < 4.78 is 19.9. The van der Waals surface area contributed by atoms with E-state index in [0.717, 1.165) is 24.1 Å². The van der Waals surface area contributed by atoms with Gasteiger partial charge in [-0.2, -0.15) is 11.8 Å². The Hall–Kier alpha value is -1.000. The number of fused-ring (bicyclic) bond motifs is 1. The minimum atomic E-state index is -0.280. The molecule has 114 valence electrons. The molecule has 2 unspecified atom stereocenters. The summed E-state index contributed by atoms with van der Waals surface area (Å²) in [6.07, 6.45) is 3.48. The number of para-hydroxylation sites is 1. The van der Waals surface area contributed by atoms with Crippen LogP contribution in [0.25, 0.3) is 11.0 Å². The average Bonchev–Trinajstić information content (AvgIpc) is 3.07. The SMILES string of the molecule is CCCNC(c1cc2cccc(F)c2o1)C1(C)CCCS1. The van der Waals surface area contributed by atoms with E-state index >= 15 is 0 Å². The Morgan fingerprint density at radius 3 is 3.00 bits per heavy atom. The second-order valence-corrected chi connectivity index (χ2v) is 7.59. The zero-order valence-corrected chi connectivity index (χ0v) is 13.4. The molecule has 3 rings (SSSR count). The van der Waals surface area contributed by atoms with E-state index in [1.807, 2.05) is 23.9 Å².